The lowest BCUT2D eigenvalue weighted by Crippen LogP contribution is -2.25. The second kappa shape index (κ2) is 3.81. The maximum absolute atomic E-state index is 5.49. The highest BCUT2D eigenvalue weighted by atomic mass is 16.5. The van der Waals surface area contributed by atoms with Crippen molar-refractivity contribution in [2.45, 2.75) is 6.92 Å². The lowest BCUT2D eigenvalue weighted by atomic mass is 10.3. The van der Waals surface area contributed by atoms with Gasteiger partial charge in [-0.3, -0.25) is 0 Å². The predicted molar refractivity (Wildman–Crippen MR) is 61.0 cm³/mol. The molecule has 0 saturated heterocycles. The summed E-state index contributed by atoms with van der Waals surface area (Å²) in [5, 5.41) is 1.96. The third-order valence-electron chi connectivity index (χ3n) is 2.18. The molecule has 0 atom stereocenters. The highest BCUT2D eigenvalue weighted by Gasteiger charge is 2.11. The summed E-state index contributed by atoms with van der Waals surface area (Å²) in [5.74, 6) is 0. The Morgan fingerprint density at radius 1 is 1.33 bits per heavy atom. The number of benzene rings is 1. The molecule has 0 N–H and O–H groups in total. The zero-order chi connectivity index (χ0) is 10.8. The van der Waals surface area contributed by atoms with E-state index in [4.69, 9.17) is 4.74 Å². The average Bonchev–Trinajstić information content (AvgIpc) is 2.56. The van der Waals surface area contributed by atoms with Crippen LogP contribution in [0.25, 0.3) is 11.0 Å². The van der Waals surface area contributed by atoms with Gasteiger partial charge < -0.3 is 9.75 Å². The third kappa shape index (κ3) is 1.63. The van der Waals surface area contributed by atoms with Crippen molar-refractivity contribution in [2.24, 2.45) is 0 Å². The van der Waals surface area contributed by atoms with E-state index in [9.17, 15) is 0 Å². The molecule has 0 aliphatic heterocycles. The van der Waals surface area contributed by atoms with Gasteiger partial charge in [-0.25, -0.2) is 4.68 Å². The summed E-state index contributed by atoms with van der Waals surface area (Å²) in [6, 6.07) is 8.64. The molecule has 0 unspecified atom stereocenters. The molecule has 4 heteroatoms. The van der Waals surface area contributed by atoms with Crippen molar-refractivity contribution in [3.05, 3.63) is 24.3 Å². The molecule has 2 aromatic rings. The lowest BCUT2D eigenvalue weighted by Gasteiger charge is -2.17. The first-order valence-electron chi connectivity index (χ1n) is 5.02. The zero-order valence-corrected chi connectivity index (χ0v) is 9.27. The summed E-state index contributed by atoms with van der Waals surface area (Å²) in [5.41, 5.74) is 2.01. The second-order valence-electron chi connectivity index (χ2n) is 3.48. The summed E-state index contributed by atoms with van der Waals surface area (Å²) < 4.78 is 7.45. The van der Waals surface area contributed by atoms with E-state index in [2.05, 4.69) is 4.98 Å². The monoisotopic (exact) mass is 205 g/mol. The Balaban J connectivity index is 2.63. The highest BCUT2D eigenvalue weighted by molar-refractivity contribution is 5.77. The van der Waals surface area contributed by atoms with Gasteiger partial charge in [-0.1, -0.05) is 12.1 Å². The zero-order valence-electron chi connectivity index (χ0n) is 9.27. The van der Waals surface area contributed by atoms with E-state index in [1.807, 2.05) is 55.0 Å². The molecule has 0 saturated carbocycles. The van der Waals surface area contributed by atoms with Crippen LogP contribution in [0.3, 0.4) is 0 Å². The SMILES string of the molecule is CCOc1nc2ccccc2n1N(C)C. The van der Waals surface area contributed by atoms with Crippen LogP contribution in [0.2, 0.25) is 0 Å². The Morgan fingerprint density at radius 2 is 2.07 bits per heavy atom. The molecule has 0 radical (unpaired) electrons. The second-order valence-corrected chi connectivity index (χ2v) is 3.48. The number of ether oxygens (including phenoxy) is 1. The minimum atomic E-state index is 0.622. The van der Waals surface area contributed by atoms with Crippen molar-refractivity contribution in [1.29, 1.82) is 0 Å². The van der Waals surface area contributed by atoms with Crippen LogP contribution in [0.4, 0.5) is 0 Å². The Morgan fingerprint density at radius 3 is 2.73 bits per heavy atom. The van der Waals surface area contributed by atoms with E-state index >= 15 is 0 Å². The summed E-state index contributed by atoms with van der Waals surface area (Å²) in [6.07, 6.45) is 0. The van der Waals surface area contributed by atoms with E-state index in [-0.39, 0.29) is 0 Å². The maximum Gasteiger partial charge on any atom is 0.316 e. The van der Waals surface area contributed by atoms with E-state index in [0.29, 0.717) is 12.6 Å². The molecule has 1 aromatic heterocycles. The van der Waals surface area contributed by atoms with Gasteiger partial charge in [-0.05, 0) is 19.1 Å². The van der Waals surface area contributed by atoms with Crippen molar-refractivity contribution in [3.8, 4) is 6.01 Å². The fraction of sp³-hybridized carbons (Fsp3) is 0.364. The third-order valence-corrected chi connectivity index (χ3v) is 2.18. The molecule has 0 amide bonds. The summed E-state index contributed by atoms with van der Waals surface area (Å²) in [7, 11) is 3.94. The molecule has 0 aliphatic carbocycles. The van der Waals surface area contributed by atoms with E-state index < -0.39 is 0 Å². The predicted octanol–water partition coefficient (Wildman–Crippen LogP) is 1.63. The summed E-state index contributed by atoms with van der Waals surface area (Å²) in [6.45, 7) is 2.58. The smallest absolute Gasteiger partial charge is 0.316 e. The number of hydrogen-bond donors (Lipinski definition) is 0. The number of nitrogens with zero attached hydrogens (tertiary/aromatic N) is 3. The fourth-order valence-corrected chi connectivity index (χ4v) is 1.60. The van der Waals surface area contributed by atoms with Gasteiger partial charge in [0.1, 0.15) is 0 Å². The van der Waals surface area contributed by atoms with Gasteiger partial charge in [-0.15, -0.1) is 0 Å². The first-order valence-corrected chi connectivity index (χ1v) is 5.02. The molecule has 15 heavy (non-hydrogen) atoms. The first-order chi connectivity index (χ1) is 7.24. The molecule has 0 fully saturated rings. The van der Waals surface area contributed by atoms with Gasteiger partial charge in [0.05, 0.1) is 17.6 Å². The van der Waals surface area contributed by atoms with Crippen LogP contribution in [0.1, 0.15) is 6.92 Å². The highest BCUT2D eigenvalue weighted by Crippen LogP contribution is 2.20. The molecular weight excluding hydrogens is 190 g/mol. The standard InChI is InChI=1S/C11H15N3O/c1-4-15-11-12-9-7-5-6-8-10(9)14(11)13(2)3/h5-8H,4H2,1-3H3. The van der Waals surface area contributed by atoms with Crippen molar-refractivity contribution < 1.29 is 4.74 Å². The number of aromatic nitrogens is 2. The molecule has 0 aliphatic rings. The van der Waals surface area contributed by atoms with Gasteiger partial charge in [0, 0.05) is 14.1 Å². The van der Waals surface area contributed by atoms with Gasteiger partial charge in [0.2, 0.25) is 0 Å². The van der Waals surface area contributed by atoms with Crippen LogP contribution in [0.15, 0.2) is 24.3 Å². The van der Waals surface area contributed by atoms with Crippen LogP contribution in [-0.2, 0) is 0 Å². The number of imidazole rings is 1. The molecule has 2 rings (SSSR count). The van der Waals surface area contributed by atoms with Gasteiger partial charge in [0.25, 0.3) is 0 Å². The Hall–Kier alpha value is -1.71. The topological polar surface area (TPSA) is 30.3 Å². The number of para-hydroxylation sites is 2. The Labute approximate surface area is 89.1 Å². The minimum Gasteiger partial charge on any atom is -0.464 e. The summed E-state index contributed by atoms with van der Waals surface area (Å²) >= 11 is 0. The molecule has 1 aromatic carbocycles. The summed E-state index contributed by atoms with van der Waals surface area (Å²) in [4.78, 5) is 4.42. The molecule has 4 nitrogen and oxygen atoms in total. The van der Waals surface area contributed by atoms with E-state index in [1.165, 1.54) is 0 Å². The number of hydrogen-bond acceptors (Lipinski definition) is 3. The molecule has 80 valence electrons. The molecule has 0 bridgehead atoms. The van der Waals surface area contributed by atoms with Crippen LogP contribution < -0.4 is 9.75 Å². The molecular formula is C11H15N3O. The van der Waals surface area contributed by atoms with Gasteiger partial charge in [0.15, 0.2) is 0 Å². The van der Waals surface area contributed by atoms with Crippen molar-refractivity contribution >= 4 is 11.0 Å². The number of fused-ring (bicyclic) bond motifs is 1. The maximum atomic E-state index is 5.49. The van der Waals surface area contributed by atoms with Crippen LogP contribution >= 0.6 is 0 Å². The van der Waals surface area contributed by atoms with Gasteiger partial charge in [-0.2, -0.15) is 4.98 Å². The molecule has 0 spiro atoms. The average molecular weight is 205 g/mol. The first kappa shape index (κ1) is 9.83. The fourth-order valence-electron chi connectivity index (χ4n) is 1.60. The quantitative estimate of drug-likeness (QED) is 0.763. The van der Waals surface area contributed by atoms with Crippen LogP contribution in [0, 0.1) is 0 Å². The Kier molecular flexibility index (Phi) is 2.49. The van der Waals surface area contributed by atoms with Crippen LogP contribution in [-0.4, -0.2) is 30.4 Å². The van der Waals surface area contributed by atoms with E-state index in [0.717, 1.165) is 11.0 Å². The van der Waals surface area contributed by atoms with E-state index in [1.54, 1.807) is 0 Å². The van der Waals surface area contributed by atoms with Crippen molar-refractivity contribution in [1.82, 2.24) is 9.66 Å². The largest absolute Gasteiger partial charge is 0.464 e. The van der Waals surface area contributed by atoms with Crippen molar-refractivity contribution in [3.63, 3.8) is 0 Å². The van der Waals surface area contributed by atoms with Gasteiger partial charge >= 0.3 is 6.01 Å². The van der Waals surface area contributed by atoms with Crippen molar-refractivity contribution in [2.75, 3.05) is 25.7 Å². The number of rotatable bonds is 3. The normalized spacial score (nSPS) is 10.6. The minimum absolute atomic E-state index is 0.622. The Bertz CT molecular complexity index is 462. The molecule has 1 heterocycles. The lowest BCUT2D eigenvalue weighted by molar-refractivity contribution is 0.299. The van der Waals surface area contributed by atoms with Crippen LogP contribution in [0.5, 0.6) is 6.01 Å².